The van der Waals surface area contributed by atoms with Gasteiger partial charge in [0.05, 0.1) is 16.9 Å². The Bertz CT molecular complexity index is 529. The van der Waals surface area contributed by atoms with E-state index in [4.69, 9.17) is 0 Å². The number of nitrogens with zero attached hydrogens (tertiary/aromatic N) is 3. The Morgan fingerprint density at radius 1 is 1.28 bits per heavy atom. The Morgan fingerprint density at radius 2 is 2.00 bits per heavy atom. The highest BCUT2D eigenvalue weighted by Gasteiger charge is 2.16. The molecule has 0 aromatic carbocycles. The summed E-state index contributed by atoms with van der Waals surface area (Å²) in [6.07, 6.45) is 1.94. The summed E-state index contributed by atoms with van der Waals surface area (Å²) in [4.78, 5) is 4.52. The summed E-state index contributed by atoms with van der Waals surface area (Å²) < 4.78 is 1.91. The first kappa shape index (κ1) is 13.2. The fourth-order valence-electron chi connectivity index (χ4n) is 2.07. The minimum absolute atomic E-state index is 0.254. The van der Waals surface area contributed by atoms with E-state index in [0.29, 0.717) is 0 Å². The Balaban J connectivity index is 2.07. The van der Waals surface area contributed by atoms with E-state index in [9.17, 15) is 0 Å². The quantitative estimate of drug-likeness (QED) is 0.923. The molecule has 2 unspecified atom stereocenters. The van der Waals surface area contributed by atoms with Crippen LogP contribution < -0.4 is 5.32 Å². The van der Waals surface area contributed by atoms with Crippen LogP contribution in [0.2, 0.25) is 0 Å². The molecular weight excluding hydrogens is 244 g/mol. The van der Waals surface area contributed by atoms with Crippen molar-refractivity contribution in [3.05, 3.63) is 33.5 Å². The van der Waals surface area contributed by atoms with Crippen molar-refractivity contribution in [2.75, 3.05) is 0 Å². The molecule has 5 heteroatoms. The summed E-state index contributed by atoms with van der Waals surface area (Å²) in [5.41, 5.74) is 3.57. The van der Waals surface area contributed by atoms with Crippen LogP contribution in [-0.4, -0.2) is 14.8 Å². The lowest BCUT2D eigenvalue weighted by atomic mass is 10.1. The van der Waals surface area contributed by atoms with Gasteiger partial charge < -0.3 is 5.32 Å². The Kier molecular flexibility index (Phi) is 3.82. The van der Waals surface area contributed by atoms with Gasteiger partial charge in [0, 0.05) is 35.8 Å². The van der Waals surface area contributed by atoms with Gasteiger partial charge in [0.15, 0.2) is 0 Å². The molecule has 2 atom stereocenters. The minimum atomic E-state index is 0.254. The lowest BCUT2D eigenvalue weighted by Gasteiger charge is -2.18. The van der Waals surface area contributed by atoms with Crippen LogP contribution in [0.15, 0.2) is 11.6 Å². The van der Waals surface area contributed by atoms with Crippen LogP contribution in [0.25, 0.3) is 0 Å². The lowest BCUT2D eigenvalue weighted by molar-refractivity contribution is 0.485. The zero-order valence-corrected chi connectivity index (χ0v) is 12.4. The molecule has 0 saturated carbocycles. The van der Waals surface area contributed by atoms with E-state index in [1.807, 2.05) is 24.9 Å². The first-order chi connectivity index (χ1) is 8.49. The number of aromatic nitrogens is 3. The van der Waals surface area contributed by atoms with Crippen molar-refractivity contribution in [3.8, 4) is 0 Å². The Labute approximate surface area is 112 Å². The van der Waals surface area contributed by atoms with E-state index < -0.39 is 0 Å². The van der Waals surface area contributed by atoms with Gasteiger partial charge in [0.25, 0.3) is 0 Å². The van der Waals surface area contributed by atoms with Crippen molar-refractivity contribution >= 4 is 11.3 Å². The predicted octanol–water partition coefficient (Wildman–Crippen LogP) is 2.91. The molecule has 1 N–H and O–H groups in total. The van der Waals surface area contributed by atoms with Crippen LogP contribution in [-0.2, 0) is 7.05 Å². The number of hydrogen-bond acceptors (Lipinski definition) is 4. The number of nitrogens with one attached hydrogen (secondary N) is 1. The fourth-order valence-corrected chi connectivity index (χ4v) is 2.78. The average Bonchev–Trinajstić information content (AvgIpc) is 2.87. The van der Waals surface area contributed by atoms with Crippen molar-refractivity contribution < 1.29 is 0 Å². The molecule has 0 amide bonds. The van der Waals surface area contributed by atoms with Gasteiger partial charge in [0.1, 0.15) is 0 Å². The molecular formula is C13H20N4S. The number of hydrogen-bond donors (Lipinski definition) is 1. The topological polar surface area (TPSA) is 42.7 Å². The van der Waals surface area contributed by atoms with Crippen LogP contribution in [0.5, 0.6) is 0 Å². The van der Waals surface area contributed by atoms with E-state index in [0.717, 1.165) is 10.7 Å². The van der Waals surface area contributed by atoms with Crippen molar-refractivity contribution in [2.24, 2.45) is 7.05 Å². The first-order valence-corrected chi connectivity index (χ1v) is 7.03. The molecule has 0 saturated heterocycles. The second-order valence-corrected chi connectivity index (χ2v) is 5.77. The number of thiazole rings is 1. The van der Waals surface area contributed by atoms with Crippen LogP contribution in [0.4, 0.5) is 0 Å². The molecule has 18 heavy (non-hydrogen) atoms. The van der Waals surface area contributed by atoms with Gasteiger partial charge in [-0.3, -0.25) is 4.68 Å². The standard InChI is InChI=1S/C13H20N4S/c1-8(12-6-14-17(5)10(12)3)15-9(2)13-7-18-11(4)16-13/h6-9,15H,1-5H3. The molecule has 0 radical (unpaired) electrons. The number of rotatable bonds is 4. The van der Waals surface area contributed by atoms with Gasteiger partial charge in [-0.15, -0.1) is 11.3 Å². The summed E-state index contributed by atoms with van der Waals surface area (Å²) in [6, 6.07) is 0.528. The third kappa shape index (κ3) is 2.62. The van der Waals surface area contributed by atoms with Gasteiger partial charge in [-0.25, -0.2) is 4.98 Å². The first-order valence-electron chi connectivity index (χ1n) is 6.15. The Hall–Kier alpha value is -1.20. The smallest absolute Gasteiger partial charge is 0.0898 e. The zero-order valence-electron chi connectivity index (χ0n) is 11.6. The largest absolute Gasteiger partial charge is 0.302 e. The van der Waals surface area contributed by atoms with E-state index in [2.05, 4.69) is 41.6 Å². The second-order valence-electron chi connectivity index (χ2n) is 4.71. The van der Waals surface area contributed by atoms with E-state index in [-0.39, 0.29) is 12.1 Å². The maximum absolute atomic E-state index is 4.52. The maximum atomic E-state index is 4.52. The summed E-state index contributed by atoms with van der Waals surface area (Å²) in [5.74, 6) is 0. The molecule has 0 spiro atoms. The summed E-state index contributed by atoms with van der Waals surface area (Å²) in [7, 11) is 1.97. The molecule has 2 heterocycles. The molecule has 98 valence electrons. The highest BCUT2D eigenvalue weighted by molar-refractivity contribution is 7.09. The summed E-state index contributed by atoms with van der Waals surface area (Å²) in [6.45, 7) is 8.45. The molecule has 2 rings (SSSR count). The molecule has 0 fully saturated rings. The van der Waals surface area contributed by atoms with Crippen LogP contribution >= 0.6 is 11.3 Å². The third-order valence-electron chi connectivity index (χ3n) is 3.32. The van der Waals surface area contributed by atoms with E-state index in [1.54, 1.807) is 11.3 Å². The molecule has 0 aliphatic carbocycles. The maximum Gasteiger partial charge on any atom is 0.0898 e. The van der Waals surface area contributed by atoms with Crippen molar-refractivity contribution in [1.82, 2.24) is 20.1 Å². The molecule has 0 bridgehead atoms. The average molecular weight is 264 g/mol. The molecule has 2 aromatic heterocycles. The van der Waals surface area contributed by atoms with Crippen LogP contribution in [0.3, 0.4) is 0 Å². The highest BCUT2D eigenvalue weighted by Crippen LogP contribution is 2.22. The SMILES string of the molecule is Cc1nc(C(C)NC(C)c2cnn(C)c2C)cs1. The molecule has 0 aliphatic heterocycles. The number of aryl methyl sites for hydroxylation is 2. The summed E-state index contributed by atoms with van der Waals surface area (Å²) in [5, 5.41) is 11.1. The van der Waals surface area contributed by atoms with Crippen LogP contribution in [0, 0.1) is 13.8 Å². The van der Waals surface area contributed by atoms with Gasteiger partial charge in [-0.2, -0.15) is 5.10 Å². The molecule has 2 aromatic rings. The van der Waals surface area contributed by atoms with Gasteiger partial charge in [-0.05, 0) is 27.7 Å². The zero-order chi connectivity index (χ0) is 13.3. The van der Waals surface area contributed by atoms with Gasteiger partial charge >= 0.3 is 0 Å². The Morgan fingerprint density at radius 3 is 2.50 bits per heavy atom. The van der Waals surface area contributed by atoms with Crippen molar-refractivity contribution in [3.63, 3.8) is 0 Å². The van der Waals surface area contributed by atoms with Crippen molar-refractivity contribution in [2.45, 2.75) is 39.8 Å². The highest BCUT2D eigenvalue weighted by atomic mass is 32.1. The molecule has 4 nitrogen and oxygen atoms in total. The van der Waals surface area contributed by atoms with Gasteiger partial charge in [-0.1, -0.05) is 0 Å². The van der Waals surface area contributed by atoms with E-state index >= 15 is 0 Å². The summed E-state index contributed by atoms with van der Waals surface area (Å²) >= 11 is 1.70. The van der Waals surface area contributed by atoms with E-state index in [1.165, 1.54) is 11.3 Å². The van der Waals surface area contributed by atoms with Crippen LogP contribution in [0.1, 0.15) is 47.9 Å². The third-order valence-corrected chi connectivity index (χ3v) is 4.11. The normalized spacial score (nSPS) is 14.7. The molecule has 0 aliphatic rings. The fraction of sp³-hybridized carbons (Fsp3) is 0.538. The lowest BCUT2D eigenvalue weighted by Crippen LogP contribution is -2.23. The minimum Gasteiger partial charge on any atom is -0.302 e. The monoisotopic (exact) mass is 264 g/mol. The second kappa shape index (κ2) is 5.20. The van der Waals surface area contributed by atoms with Crippen molar-refractivity contribution in [1.29, 1.82) is 0 Å². The predicted molar refractivity (Wildman–Crippen MR) is 74.8 cm³/mol. The van der Waals surface area contributed by atoms with Gasteiger partial charge in [0.2, 0.25) is 0 Å².